The second-order valence-corrected chi connectivity index (χ2v) is 7.28. The Hall–Kier alpha value is -2.29. The molecule has 7 nitrogen and oxygen atoms in total. The van der Waals surface area contributed by atoms with Crippen LogP contribution in [0.4, 0.5) is 5.69 Å². The zero-order valence-electron chi connectivity index (χ0n) is 16.2. The summed E-state index contributed by atoms with van der Waals surface area (Å²) in [6, 6.07) is 14.2. The highest BCUT2D eigenvalue weighted by molar-refractivity contribution is 6.04. The molecule has 1 aliphatic rings. The van der Waals surface area contributed by atoms with Crippen LogP contribution < -0.4 is 5.32 Å². The Balaban J connectivity index is 1.75. The number of carbonyl (C=O) groups is 1. The van der Waals surface area contributed by atoms with Crippen LogP contribution in [0.3, 0.4) is 0 Å². The Morgan fingerprint density at radius 1 is 1.03 bits per heavy atom. The van der Waals surface area contributed by atoms with E-state index in [0.717, 1.165) is 12.8 Å². The number of aliphatic hydroxyl groups excluding tert-OH is 4. The Bertz CT molecular complexity index is 822. The van der Waals surface area contributed by atoms with Gasteiger partial charge in [0.15, 0.2) is 0 Å². The smallest absolute Gasteiger partial charge is 0.255 e. The monoisotopic (exact) mass is 401 g/mol. The van der Waals surface area contributed by atoms with Gasteiger partial charge >= 0.3 is 0 Å². The van der Waals surface area contributed by atoms with Crippen LogP contribution in [0.5, 0.6) is 0 Å². The number of anilines is 1. The summed E-state index contributed by atoms with van der Waals surface area (Å²) in [4.78, 5) is 12.6. The second kappa shape index (κ2) is 9.47. The molecule has 0 radical (unpaired) electrons. The van der Waals surface area contributed by atoms with E-state index in [4.69, 9.17) is 4.74 Å². The van der Waals surface area contributed by atoms with Gasteiger partial charge in [-0.15, -0.1) is 0 Å². The minimum atomic E-state index is -1.47. The molecule has 1 fully saturated rings. The van der Waals surface area contributed by atoms with Crippen molar-refractivity contribution in [1.29, 1.82) is 0 Å². The van der Waals surface area contributed by atoms with Crippen molar-refractivity contribution < 1.29 is 30.0 Å². The van der Waals surface area contributed by atoms with Crippen LogP contribution in [0.25, 0.3) is 0 Å². The average molecular weight is 401 g/mol. The Morgan fingerprint density at radius 2 is 1.76 bits per heavy atom. The second-order valence-electron chi connectivity index (χ2n) is 7.28. The summed E-state index contributed by atoms with van der Waals surface area (Å²) in [7, 11) is 0. The molecule has 1 heterocycles. The van der Waals surface area contributed by atoms with Crippen LogP contribution in [-0.2, 0) is 11.2 Å². The highest BCUT2D eigenvalue weighted by atomic mass is 16.5. The van der Waals surface area contributed by atoms with Gasteiger partial charge in [0.1, 0.15) is 30.5 Å². The molecule has 0 aliphatic carbocycles. The largest absolute Gasteiger partial charge is 0.394 e. The molecule has 0 unspecified atom stereocenters. The summed E-state index contributed by atoms with van der Waals surface area (Å²) in [5, 5.41) is 42.4. The van der Waals surface area contributed by atoms with Crippen LogP contribution in [0.15, 0.2) is 48.5 Å². The van der Waals surface area contributed by atoms with Crippen LogP contribution in [0, 0.1) is 0 Å². The molecule has 5 N–H and O–H groups in total. The summed E-state index contributed by atoms with van der Waals surface area (Å²) in [5.41, 5.74) is 2.70. The van der Waals surface area contributed by atoms with E-state index in [1.165, 1.54) is 5.56 Å². The van der Waals surface area contributed by atoms with Crippen LogP contribution in [0.1, 0.15) is 40.9 Å². The highest BCUT2D eigenvalue weighted by Crippen LogP contribution is 2.32. The third-order valence-electron chi connectivity index (χ3n) is 5.12. The molecule has 7 heteroatoms. The topological polar surface area (TPSA) is 119 Å². The average Bonchev–Trinajstić information content (AvgIpc) is 2.74. The summed E-state index contributed by atoms with van der Waals surface area (Å²) < 4.78 is 5.56. The molecule has 1 saturated heterocycles. The number of aryl methyl sites for hydroxylation is 1. The van der Waals surface area contributed by atoms with Crippen molar-refractivity contribution in [2.75, 3.05) is 11.9 Å². The van der Waals surface area contributed by atoms with Crippen molar-refractivity contribution in [3.63, 3.8) is 0 Å². The maximum Gasteiger partial charge on any atom is 0.255 e. The fraction of sp³-hybridized carbons (Fsp3) is 0.409. The van der Waals surface area contributed by atoms with E-state index >= 15 is 0 Å². The molecule has 5 atom stereocenters. The van der Waals surface area contributed by atoms with E-state index in [9.17, 15) is 25.2 Å². The molecule has 0 aromatic heterocycles. The molecule has 29 heavy (non-hydrogen) atoms. The summed E-state index contributed by atoms with van der Waals surface area (Å²) in [5.74, 6) is -0.320. The van der Waals surface area contributed by atoms with Crippen molar-refractivity contribution >= 4 is 11.6 Å². The van der Waals surface area contributed by atoms with Crippen molar-refractivity contribution in [2.24, 2.45) is 0 Å². The van der Waals surface area contributed by atoms with Crippen molar-refractivity contribution in [1.82, 2.24) is 0 Å². The summed E-state index contributed by atoms with van der Waals surface area (Å²) in [6.45, 7) is 1.60. The fourth-order valence-corrected chi connectivity index (χ4v) is 3.48. The maximum absolute atomic E-state index is 12.6. The fourth-order valence-electron chi connectivity index (χ4n) is 3.48. The number of rotatable bonds is 6. The third-order valence-corrected chi connectivity index (χ3v) is 5.12. The van der Waals surface area contributed by atoms with Crippen LogP contribution in [0.2, 0.25) is 0 Å². The SMILES string of the molecule is CCCc1ccc(NC(=O)c2cccc([C@H]3O[C@H](CO)[C@@H](O)[C@H](O)[C@@H]3O)c2)cc1. The van der Waals surface area contributed by atoms with Crippen LogP contribution >= 0.6 is 0 Å². The molecule has 1 amide bonds. The minimum Gasteiger partial charge on any atom is -0.394 e. The summed E-state index contributed by atoms with van der Waals surface area (Å²) >= 11 is 0. The molecule has 0 bridgehead atoms. The normalized spacial score (nSPS) is 26.9. The van der Waals surface area contributed by atoms with Crippen molar-refractivity contribution in [2.45, 2.75) is 50.3 Å². The first-order chi connectivity index (χ1) is 13.9. The van der Waals surface area contributed by atoms with E-state index in [2.05, 4.69) is 12.2 Å². The molecular formula is C22H27NO6. The van der Waals surface area contributed by atoms with E-state index in [-0.39, 0.29) is 5.91 Å². The number of hydrogen-bond acceptors (Lipinski definition) is 6. The molecule has 2 aromatic carbocycles. The third kappa shape index (κ3) is 4.83. The molecule has 1 aliphatic heterocycles. The van der Waals surface area contributed by atoms with E-state index in [1.807, 2.05) is 24.3 Å². The highest BCUT2D eigenvalue weighted by Gasteiger charge is 2.43. The van der Waals surface area contributed by atoms with Gasteiger partial charge in [-0.05, 0) is 41.8 Å². The zero-order chi connectivity index (χ0) is 21.0. The van der Waals surface area contributed by atoms with Crippen molar-refractivity contribution in [3.05, 3.63) is 65.2 Å². The standard InChI is InChI=1S/C22H27NO6/c1-2-4-13-7-9-16(10-8-13)23-22(28)15-6-3-5-14(11-15)21-20(27)19(26)18(25)17(12-24)29-21/h3,5-11,17-21,24-27H,2,4,12H2,1H3,(H,23,28)/t17-,18-,19+,20+,21-/m1/s1. The minimum absolute atomic E-state index is 0.320. The molecule has 156 valence electrons. The Kier molecular flexibility index (Phi) is 7.00. The zero-order valence-corrected chi connectivity index (χ0v) is 16.2. The molecular weight excluding hydrogens is 374 g/mol. The van der Waals surface area contributed by atoms with Gasteiger partial charge in [0.25, 0.3) is 5.91 Å². The van der Waals surface area contributed by atoms with Gasteiger partial charge in [-0.1, -0.05) is 37.6 Å². The Morgan fingerprint density at radius 3 is 2.41 bits per heavy atom. The van der Waals surface area contributed by atoms with E-state index in [1.54, 1.807) is 24.3 Å². The number of aliphatic hydroxyl groups is 4. The Labute approximate surface area is 169 Å². The van der Waals surface area contributed by atoms with Crippen molar-refractivity contribution in [3.8, 4) is 0 Å². The number of carbonyl (C=O) groups excluding carboxylic acids is 1. The predicted molar refractivity (Wildman–Crippen MR) is 108 cm³/mol. The van der Waals surface area contributed by atoms with Gasteiger partial charge in [-0.2, -0.15) is 0 Å². The van der Waals surface area contributed by atoms with Gasteiger partial charge in [0, 0.05) is 11.3 Å². The number of nitrogens with one attached hydrogen (secondary N) is 1. The molecule has 2 aromatic rings. The molecule has 3 rings (SSSR count). The first kappa shape index (κ1) is 21.4. The maximum atomic E-state index is 12.6. The van der Waals surface area contributed by atoms with E-state index < -0.39 is 37.1 Å². The van der Waals surface area contributed by atoms with Gasteiger partial charge in [-0.25, -0.2) is 0 Å². The quantitative estimate of drug-likeness (QED) is 0.499. The van der Waals surface area contributed by atoms with Gasteiger partial charge in [-0.3, -0.25) is 4.79 Å². The summed E-state index contributed by atoms with van der Waals surface area (Å²) in [6.07, 6.45) is -4.23. The lowest BCUT2D eigenvalue weighted by Gasteiger charge is -2.40. The lowest BCUT2D eigenvalue weighted by Crippen LogP contribution is -2.55. The number of amides is 1. The van der Waals surface area contributed by atoms with Crippen LogP contribution in [-0.4, -0.2) is 57.4 Å². The number of benzene rings is 2. The van der Waals surface area contributed by atoms with Gasteiger partial charge < -0.3 is 30.5 Å². The van der Waals surface area contributed by atoms with E-state index in [0.29, 0.717) is 16.8 Å². The molecule has 0 saturated carbocycles. The number of hydrogen-bond donors (Lipinski definition) is 5. The number of ether oxygens (including phenoxy) is 1. The molecule has 0 spiro atoms. The van der Waals surface area contributed by atoms with Gasteiger partial charge in [0.2, 0.25) is 0 Å². The predicted octanol–water partition coefficient (Wildman–Crippen LogP) is 1.41. The lowest BCUT2D eigenvalue weighted by atomic mass is 9.90. The lowest BCUT2D eigenvalue weighted by molar-refractivity contribution is -0.231. The first-order valence-corrected chi connectivity index (χ1v) is 9.75. The van der Waals surface area contributed by atoms with Gasteiger partial charge in [0.05, 0.1) is 6.61 Å². The first-order valence-electron chi connectivity index (χ1n) is 9.75.